The third-order valence-electron chi connectivity index (χ3n) is 4.01. The molecule has 3 heterocycles. The molecule has 0 aromatic carbocycles. The first kappa shape index (κ1) is 12.6. The summed E-state index contributed by atoms with van der Waals surface area (Å²) in [6.07, 6.45) is 6.23. The molecular weight excluding hydrogens is 264 g/mol. The van der Waals surface area contributed by atoms with Crippen molar-refractivity contribution in [2.45, 2.75) is 31.8 Å². The molecule has 1 saturated heterocycles. The number of nitrogens with zero attached hydrogens (tertiary/aromatic N) is 4. The number of hydrogen-bond acceptors (Lipinski definition) is 5. The Morgan fingerprint density at radius 2 is 2.00 bits per heavy atom. The molecule has 4 rings (SSSR count). The van der Waals surface area contributed by atoms with Gasteiger partial charge in [-0.25, -0.2) is 9.97 Å². The lowest BCUT2D eigenvalue weighted by Gasteiger charge is -2.39. The van der Waals surface area contributed by atoms with Gasteiger partial charge in [-0.05, 0) is 25.8 Å². The number of rotatable bonds is 4. The van der Waals surface area contributed by atoms with Crippen molar-refractivity contribution in [1.29, 1.82) is 0 Å². The van der Waals surface area contributed by atoms with E-state index in [-0.39, 0.29) is 6.10 Å². The van der Waals surface area contributed by atoms with Crippen LogP contribution in [0.1, 0.15) is 30.1 Å². The third-order valence-corrected chi connectivity index (χ3v) is 4.01. The second-order valence-electron chi connectivity index (χ2n) is 5.85. The number of aryl methyl sites for hydroxylation is 1. The molecule has 1 aliphatic heterocycles. The molecule has 5 heteroatoms. The van der Waals surface area contributed by atoms with E-state index in [9.17, 15) is 0 Å². The minimum atomic E-state index is 0.228. The molecule has 0 amide bonds. The van der Waals surface area contributed by atoms with Gasteiger partial charge in [0, 0.05) is 35.6 Å². The van der Waals surface area contributed by atoms with E-state index < -0.39 is 0 Å². The van der Waals surface area contributed by atoms with Crippen molar-refractivity contribution >= 4 is 5.82 Å². The van der Waals surface area contributed by atoms with Crippen molar-refractivity contribution in [3.63, 3.8) is 0 Å². The molecule has 1 saturated carbocycles. The fourth-order valence-electron chi connectivity index (χ4n) is 2.62. The van der Waals surface area contributed by atoms with Crippen LogP contribution in [0.2, 0.25) is 0 Å². The Bertz CT molecular complexity index is 650. The van der Waals surface area contributed by atoms with Crippen molar-refractivity contribution in [3.8, 4) is 5.75 Å². The molecule has 0 bridgehead atoms. The van der Waals surface area contributed by atoms with Gasteiger partial charge in [-0.3, -0.25) is 4.98 Å². The summed E-state index contributed by atoms with van der Waals surface area (Å²) in [5.74, 6) is 2.59. The first-order chi connectivity index (χ1) is 10.3. The first-order valence-corrected chi connectivity index (χ1v) is 7.44. The van der Waals surface area contributed by atoms with Gasteiger partial charge in [-0.2, -0.15) is 0 Å². The van der Waals surface area contributed by atoms with Gasteiger partial charge in [0.15, 0.2) is 0 Å². The largest absolute Gasteiger partial charge is 0.487 e. The highest BCUT2D eigenvalue weighted by atomic mass is 16.5. The minimum Gasteiger partial charge on any atom is -0.487 e. The van der Waals surface area contributed by atoms with Gasteiger partial charge in [0.05, 0.1) is 13.1 Å². The van der Waals surface area contributed by atoms with Gasteiger partial charge in [0.25, 0.3) is 0 Å². The molecule has 0 atom stereocenters. The van der Waals surface area contributed by atoms with Gasteiger partial charge in [0.2, 0.25) is 0 Å². The zero-order valence-electron chi connectivity index (χ0n) is 12.1. The molecule has 2 aliphatic rings. The van der Waals surface area contributed by atoms with Crippen LogP contribution in [-0.4, -0.2) is 34.1 Å². The SMILES string of the molecule is Cc1cc(OC2CN(c3cc(C4CC4)ncn3)C2)ccn1. The average molecular weight is 282 g/mol. The maximum absolute atomic E-state index is 5.95. The summed E-state index contributed by atoms with van der Waals surface area (Å²) in [5.41, 5.74) is 2.17. The Labute approximate surface area is 124 Å². The molecule has 0 N–H and O–H groups in total. The zero-order chi connectivity index (χ0) is 14.2. The highest BCUT2D eigenvalue weighted by Gasteiger charge is 2.31. The summed E-state index contributed by atoms with van der Waals surface area (Å²) >= 11 is 0. The molecule has 0 unspecified atom stereocenters. The lowest BCUT2D eigenvalue weighted by molar-refractivity contribution is 0.166. The zero-order valence-corrected chi connectivity index (χ0v) is 12.1. The Morgan fingerprint density at radius 3 is 2.76 bits per heavy atom. The van der Waals surface area contributed by atoms with Crippen molar-refractivity contribution < 1.29 is 4.74 Å². The Kier molecular flexibility index (Phi) is 2.98. The van der Waals surface area contributed by atoms with Crippen LogP contribution in [0, 0.1) is 6.92 Å². The summed E-state index contributed by atoms with van der Waals surface area (Å²) in [4.78, 5) is 15.2. The minimum absolute atomic E-state index is 0.228. The Balaban J connectivity index is 1.37. The average Bonchev–Trinajstić information content (AvgIpc) is 3.27. The van der Waals surface area contributed by atoms with E-state index in [1.54, 1.807) is 12.5 Å². The summed E-state index contributed by atoms with van der Waals surface area (Å²) in [5, 5.41) is 0. The third kappa shape index (κ3) is 2.68. The summed E-state index contributed by atoms with van der Waals surface area (Å²) in [6, 6.07) is 6.01. The van der Waals surface area contributed by atoms with Crippen LogP contribution in [0.4, 0.5) is 5.82 Å². The summed E-state index contributed by atoms with van der Waals surface area (Å²) < 4.78 is 5.95. The lowest BCUT2D eigenvalue weighted by atomic mass is 10.1. The van der Waals surface area contributed by atoms with Crippen LogP contribution in [0.15, 0.2) is 30.7 Å². The number of pyridine rings is 1. The molecule has 108 valence electrons. The number of ether oxygens (including phenoxy) is 1. The second kappa shape index (κ2) is 4.98. The van der Waals surface area contributed by atoms with E-state index in [0.717, 1.165) is 30.4 Å². The van der Waals surface area contributed by atoms with Crippen molar-refractivity contribution in [3.05, 3.63) is 42.1 Å². The number of hydrogen-bond donors (Lipinski definition) is 0. The molecule has 5 nitrogen and oxygen atoms in total. The molecule has 1 aliphatic carbocycles. The van der Waals surface area contributed by atoms with E-state index in [0.29, 0.717) is 5.92 Å². The maximum Gasteiger partial charge on any atom is 0.134 e. The van der Waals surface area contributed by atoms with Gasteiger partial charge in [-0.1, -0.05) is 0 Å². The van der Waals surface area contributed by atoms with Gasteiger partial charge in [-0.15, -0.1) is 0 Å². The molecule has 21 heavy (non-hydrogen) atoms. The van der Waals surface area contributed by atoms with Crippen LogP contribution in [0.5, 0.6) is 5.75 Å². The van der Waals surface area contributed by atoms with E-state index in [4.69, 9.17) is 4.74 Å². The Morgan fingerprint density at radius 1 is 1.14 bits per heavy atom. The fraction of sp³-hybridized carbons (Fsp3) is 0.438. The van der Waals surface area contributed by atoms with Crippen molar-refractivity contribution in [1.82, 2.24) is 15.0 Å². The first-order valence-electron chi connectivity index (χ1n) is 7.44. The van der Waals surface area contributed by atoms with Gasteiger partial charge >= 0.3 is 0 Å². The number of aromatic nitrogens is 3. The van der Waals surface area contributed by atoms with Crippen LogP contribution < -0.4 is 9.64 Å². The van der Waals surface area contributed by atoms with E-state index in [1.165, 1.54) is 18.5 Å². The number of anilines is 1. The van der Waals surface area contributed by atoms with Crippen LogP contribution in [0.3, 0.4) is 0 Å². The van der Waals surface area contributed by atoms with Crippen molar-refractivity contribution in [2.24, 2.45) is 0 Å². The van der Waals surface area contributed by atoms with Gasteiger partial charge in [0.1, 0.15) is 24.0 Å². The molecule has 2 aromatic heterocycles. The quantitative estimate of drug-likeness (QED) is 0.861. The smallest absolute Gasteiger partial charge is 0.134 e. The maximum atomic E-state index is 5.95. The van der Waals surface area contributed by atoms with E-state index >= 15 is 0 Å². The molecule has 0 spiro atoms. The lowest BCUT2D eigenvalue weighted by Crippen LogP contribution is -2.54. The normalized spacial score (nSPS) is 18.4. The topological polar surface area (TPSA) is 51.1 Å². The molecule has 2 aromatic rings. The molecule has 0 radical (unpaired) electrons. The standard InChI is InChI=1S/C16H18N4O/c1-11-6-13(4-5-17-11)21-14-8-20(9-14)16-7-15(12-2-3-12)18-10-19-16/h4-7,10,12,14H,2-3,8-9H2,1H3. The Hall–Kier alpha value is -2.17. The fourth-order valence-corrected chi connectivity index (χ4v) is 2.62. The highest BCUT2D eigenvalue weighted by Crippen LogP contribution is 2.39. The van der Waals surface area contributed by atoms with Crippen LogP contribution in [-0.2, 0) is 0 Å². The van der Waals surface area contributed by atoms with Gasteiger partial charge < -0.3 is 9.64 Å². The van der Waals surface area contributed by atoms with Crippen LogP contribution >= 0.6 is 0 Å². The summed E-state index contributed by atoms with van der Waals surface area (Å²) in [7, 11) is 0. The molecule has 2 fully saturated rings. The van der Waals surface area contributed by atoms with Crippen LogP contribution in [0.25, 0.3) is 0 Å². The van der Waals surface area contributed by atoms with Crippen molar-refractivity contribution in [2.75, 3.05) is 18.0 Å². The predicted octanol–water partition coefficient (Wildman–Crippen LogP) is 2.33. The monoisotopic (exact) mass is 282 g/mol. The predicted molar refractivity (Wildman–Crippen MR) is 79.6 cm³/mol. The second-order valence-corrected chi connectivity index (χ2v) is 5.85. The van der Waals surface area contributed by atoms with E-state index in [1.807, 2.05) is 19.1 Å². The molecular formula is C16H18N4O. The summed E-state index contributed by atoms with van der Waals surface area (Å²) in [6.45, 7) is 3.73. The van der Waals surface area contributed by atoms with E-state index in [2.05, 4.69) is 25.9 Å². The highest BCUT2D eigenvalue weighted by molar-refractivity contribution is 5.44.